The Morgan fingerprint density at radius 3 is 2.62 bits per heavy atom. The molecule has 0 radical (unpaired) electrons. The highest BCUT2D eigenvalue weighted by molar-refractivity contribution is 4.86. The van der Waals surface area contributed by atoms with E-state index in [1.807, 2.05) is 0 Å². The van der Waals surface area contributed by atoms with Gasteiger partial charge in [0.05, 0.1) is 24.9 Å². The molecule has 0 amide bonds. The molecular formula is C6H10O2. The molecule has 0 aliphatic carbocycles. The molecule has 46 valence electrons. The minimum Gasteiger partial charge on any atom is -0.373 e. The number of ether oxygens (including phenoxy) is 2. The molecule has 2 rings (SSSR count). The van der Waals surface area contributed by atoms with Gasteiger partial charge < -0.3 is 9.47 Å². The second kappa shape index (κ2) is 1.45. The Kier molecular flexibility index (Phi) is 0.866. The summed E-state index contributed by atoms with van der Waals surface area (Å²) in [5.41, 5.74) is 0. The quantitative estimate of drug-likeness (QED) is 0.490. The van der Waals surface area contributed by atoms with E-state index in [0.29, 0.717) is 18.3 Å². The van der Waals surface area contributed by atoms with E-state index < -0.39 is 0 Å². The summed E-state index contributed by atoms with van der Waals surface area (Å²) in [7, 11) is 0. The van der Waals surface area contributed by atoms with Crippen molar-refractivity contribution in [3.63, 3.8) is 0 Å². The van der Waals surface area contributed by atoms with Crippen LogP contribution in [0.1, 0.15) is 13.3 Å². The predicted octanol–water partition coefficient (Wildman–Crippen LogP) is 0.563. The maximum Gasteiger partial charge on any atom is 0.0864 e. The highest BCUT2D eigenvalue weighted by Gasteiger charge is 2.39. The molecule has 0 spiro atoms. The smallest absolute Gasteiger partial charge is 0.0864 e. The minimum absolute atomic E-state index is 0.513. The summed E-state index contributed by atoms with van der Waals surface area (Å²) in [6, 6.07) is 0. The lowest BCUT2D eigenvalue weighted by Crippen LogP contribution is -1.94. The van der Waals surface area contributed by atoms with Crippen molar-refractivity contribution >= 4 is 0 Å². The molecule has 0 aromatic rings. The van der Waals surface area contributed by atoms with E-state index in [1.165, 1.54) is 0 Å². The van der Waals surface area contributed by atoms with Crippen LogP contribution in [0.15, 0.2) is 0 Å². The van der Waals surface area contributed by atoms with Gasteiger partial charge in [0.2, 0.25) is 0 Å². The van der Waals surface area contributed by atoms with Gasteiger partial charge in [0.15, 0.2) is 0 Å². The molecule has 0 saturated carbocycles. The Bertz CT molecular complexity index is 98.7. The second-order valence-electron chi connectivity index (χ2n) is 2.57. The van der Waals surface area contributed by atoms with E-state index >= 15 is 0 Å². The standard InChI is InChI=1S/C6H10O2/c1-4-6(8-4)2-5-3-7-5/h4-6H,2-3H2,1H3/t4?,5?,6-/m0/s1. The average molecular weight is 114 g/mol. The highest BCUT2D eigenvalue weighted by Crippen LogP contribution is 2.30. The van der Waals surface area contributed by atoms with Crippen LogP contribution in [0.2, 0.25) is 0 Å². The lowest BCUT2D eigenvalue weighted by atomic mass is 10.2. The first-order chi connectivity index (χ1) is 3.86. The van der Waals surface area contributed by atoms with Crippen molar-refractivity contribution in [2.24, 2.45) is 0 Å². The topological polar surface area (TPSA) is 25.1 Å². The molecule has 2 aliphatic heterocycles. The van der Waals surface area contributed by atoms with E-state index in [9.17, 15) is 0 Å². The molecular weight excluding hydrogens is 104 g/mol. The summed E-state index contributed by atoms with van der Waals surface area (Å²) >= 11 is 0. The second-order valence-corrected chi connectivity index (χ2v) is 2.57. The van der Waals surface area contributed by atoms with Crippen molar-refractivity contribution in [3.05, 3.63) is 0 Å². The number of hydrogen-bond acceptors (Lipinski definition) is 2. The molecule has 8 heavy (non-hydrogen) atoms. The Morgan fingerprint density at radius 1 is 1.62 bits per heavy atom. The van der Waals surface area contributed by atoms with E-state index in [2.05, 4.69) is 6.92 Å². The van der Waals surface area contributed by atoms with Gasteiger partial charge in [0.1, 0.15) is 0 Å². The zero-order chi connectivity index (χ0) is 5.56. The molecule has 2 nitrogen and oxygen atoms in total. The molecule has 0 N–H and O–H groups in total. The molecule has 3 atom stereocenters. The average Bonchev–Trinajstić information content (AvgIpc) is 2.52. The first kappa shape index (κ1) is 4.77. The molecule has 0 aromatic heterocycles. The molecule has 2 fully saturated rings. The Hall–Kier alpha value is -0.0800. The van der Waals surface area contributed by atoms with Crippen molar-refractivity contribution in [3.8, 4) is 0 Å². The molecule has 0 aromatic carbocycles. The first-order valence-electron chi connectivity index (χ1n) is 3.13. The maximum atomic E-state index is 5.19. The fraction of sp³-hybridized carbons (Fsp3) is 1.00. The van der Waals surface area contributed by atoms with Gasteiger partial charge in [-0.2, -0.15) is 0 Å². The van der Waals surface area contributed by atoms with Gasteiger partial charge in [0, 0.05) is 6.42 Å². The van der Waals surface area contributed by atoms with Gasteiger partial charge in [-0.1, -0.05) is 0 Å². The Labute approximate surface area is 48.8 Å². The van der Waals surface area contributed by atoms with Crippen LogP contribution in [0.25, 0.3) is 0 Å². The van der Waals surface area contributed by atoms with Crippen LogP contribution in [0.4, 0.5) is 0 Å². The van der Waals surface area contributed by atoms with Crippen molar-refractivity contribution in [1.29, 1.82) is 0 Å². The van der Waals surface area contributed by atoms with Gasteiger partial charge >= 0.3 is 0 Å². The lowest BCUT2D eigenvalue weighted by Gasteiger charge is -1.82. The summed E-state index contributed by atoms with van der Waals surface area (Å²) in [5.74, 6) is 0. The van der Waals surface area contributed by atoms with Crippen molar-refractivity contribution in [2.75, 3.05) is 6.61 Å². The minimum atomic E-state index is 0.513. The van der Waals surface area contributed by atoms with Gasteiger partial charge in [-0.05, 0) is 6.92 Å². The van der Waals surface area contributed by atoms with Crippen molar-refractivity contribution in [1.82, 2.24) is 0 Å². The van der Waals surface area contributed by atoms with Gasteiger partial charge in [0.25, 0.3) is 0 Å². The third kappa shape index (κ3) is 0.858. The highest BCUT2D eigenvalue weighted by atomic mass is 16.6. The third-order valence-corrected chi connectivity index (χ3v) is 1.73. The van der Waals surface area contributed by atoms with Crippen LogP contribution in [-0.2, 0) is 9.47 Å². The predicted molar refractivity (Wildman–Crippen MR) is 28.7 cm³/mol. The zero-order valence-corrected chi connectivity index (χ0v) is 4.96. The Balaban J connectivity index is 1.69. The fourth-order valence-corrected chi connectivity index (χ4v) is 0.941. The van der Waals surface area contributed by atoms with Gasteiger partial charge in [-0.3, -0.25) is 0 Å². The summed E-state index contributed by atoms with van der Waals surface area (Å²) < 4.78 is 10.2. The van der Waals surface area contributed by atoms with Crippen molar-refractivity contribution in [2.45, 2.75) is 31.7 Å². The molecule has 2 unspecified atom stereocenters. The maximum absolute atomic E-state index is 5.19. The largest absolute Gasteiger partial charge is 0.373 e. The van der Waals surface area contributed by atoms with Gasteiger partial charge in [-0.25, -0.2) is 0 Å². The van der Waals surface area contributed by atoms with Crippen LogP contribution < -0.4 is 0 Å². The van der Waals surface area contributed by atoms with Crippen LogP contribution in [0.5, 0.6) is 0 Å². The molecule has 2 heteroatoms. The Morgan fingerprint density at radius 2 is 2.25 bits per heavy atom. The summed E-state index contributed by atoms with van der Waals surface area (Å²) in [5, 5.41) is 0. The summed E-state index contributed by atoms with van der Waals surface area (Å²) in [4.78, 5) is 0. The van der Waals surface area contributed by atoms with Crippen LogP contribution in [0.3, 0.4) is 0 Å². The fourth-order valence-electron chi connectivity index (χ4n) is 0.941. The van der Waals surface area contributed by atoms with Crippen LogP contribution >= 0.6 is 0 Å². The van der Waals surface area contributed by atoms with Crippen LogP contribution in [0, 0.1) is 0 Å². The number of hydrogen-bond donors (Lipinski definition) is 0. The van der Waals surface area contributed by atoms with Crippen LogP contribution in [-0.4, -0.2) is 24.9 Å². The molecule has 2 aliphatic rings. The van der Waals surface area contributed by atoms with Crippen molar-refractivity contribution < 1.29 is 9.47 Å². The SMILES string of the molecule is CC1O[C@H]1CC1CO1. The van der Waals surface area contributed by atoms with E-state index in [0.717, 1.165) is 13.0 Å². The van der Waals surface area contributed by atoms with E-state index in [4.69, 9.17) is 9.47 Å². The monoisotopic (exact) mass is 114 g/mol. The molecule has 2 saturated heterocycles. The summed E-state index contributed by atoms with van der Waals surface area (Å²) in [6.45, 7) is 3.07. The first-order valence-corrected chi connectivity index (χ1v) is 3.13. The zero-order valence-electron chi connectivity index (χ0n) is 4.96. The van der Waals surface area contributed by atoms with E-state index in [1.54, 1.807) is 0 Å². The third-order valence-electron chi connectivity index (χ3n) is 1.73. The molecule has 0 bridgehead atoms. The number of rotatable bonds is 2. The lowest BCUT2D eigenvalue weighted by molar-refractivity contribution is 0.335. The normalized spacial score (nSPS) is 51.4. The number of epoxide rings is 2. The van der Waals surface area contributed by atoms with Gasteiger partial charge in [-0.15, -0.1) is 0 Å². The van der Waals surface area contributed by atoms with E-state index in [-0.39, 0.29) is 0 Å². The summed E-state index contributed by atoms with van der Waals surface area (Å²) in [6.07, 6.45) is 2.72. The molecule has 2 heterocycles.